The Labute approximate surface area is 190 Å². The fourth-order valence-corrected chi connectivity index (χ4v) is 3.14. The Balaban J connectivity index is 2.03. The Morgan fingerprint density at radius 1 is 1.06 bits per heavy atom. The summed E-state index contributed by atoms with van der Waals surface area (Å²) in [6, 6.07) is 14.7. The molecule has 0 saturated carbocycles. The first-order valence-corrected chi connectivity index (χ1v) is 10.9. The van der Waals surface area contributed by atoms with Gasteiger partial charge in [0, 0.05) is 6.54 Å². The number of hydrogen-bond donors (Lipinski definition) is 2. The van der Waals surface area contributed by atoms with Crippen molar-refractivity contribution in [1.82, 2.24) is 14.1 Å². The molecule has 0 amide bonds. The number of carboxylic acid groups (broad SMARTS) is 1. The van der Waals surface area contributed by atoms with Crippen LogP contribution in [0.1, 0.15) is 37.3 Å². The summed E-state index contributed by atoms with van der Waals surface area (Å²) in [6.45, 7) is 4.62. The Bertz CT molecular complexity index is 1270. The first-order valence-electron chi connectivity index (χ1n) is 10.9. The van der Waals surface area contributed by atoms with Gasteiger partial charge in [0.05, 0.1) is 25.3 Å². The number of hydrogen-bond acceptors (Lipinski definition) is 5. The first kappa shape index (κ1) is 23.8. The lowest BCUT2D eigenvalue weighted by molar-refractivity contribution is -0.137. The van der Waals surface area contributed by atoms with Crippen molar-refractivity contribution in [1.29, 1.82) is 0 Å². The monoisotopic (exact) mass is 452 g/mol. The Hall–Kier alpha value is -3.88. The molecule has 0 unspecified atom stereocenters. The van der Waals surface area contributed by atoms with Gasteiger partial charge in [-0.3, -0.25) is 14.3 Å². The maximum Gasteiger partial charge on any atom is 0.335 e. The number of aromatic amines is 1. The molecular weight excluding hydrogens is 424 g/mol. The van der Waals surface area contributed by atoms with Crippen molar-refractivity contribution in [3.8, 4) is 5.75 Å². The van der Waals surface area contributed by atoms with E-state index in [0.29, 0.717) is 18.0 Å². The highest BCUT2D eigenvalue weighted by atomic mass is 16.5. The van der Waals surface area contributed by atoms with Crippen LogP contribution >= 0.6 is 0 Å². The molecule has 9 heteroatoms. The maximum atomic E-state index is 13.1. The lowest BCUT2D eigenvalue weighted by atomic mass is 10.1. The number of benzene rings is 2. The second kappa shape index (κ2) is 11.1. The standard InChI is InChI=1S/C24H28N4O5/c1-3-4-15-33-20-11-9-19(10-12-20)25-22-26-23(31)27(14-13-21(29)30)24(32)28(22)16-18-7-5-17(2)6-8-18/h5-12H,3-4,13-16H2,1-2H3,(H,29,30)(H,25,26,31). The van der Waals surface area contributed by atoms with Crippen LogP contribution in [0.5, 0.6) is 5.75 Å². The summed E-state index contributed by atoms with van der Waals surface area (Å²) >= 11 is 0. The quantitative estimate of drug-likeness (QED) is 0.458. The molecule has 3 rings (SSSR count). The topological polar surface area (TPSA) is 119 Å². The van der Waals surface area contributed by atoms with Gasteiger partial charge in [0.1, 0.15) is 5.75 Å². The molecule has 0 fully saturated rings. The van der Waals surface area contributed by atoms with Crippen LogP contribution in [-0.4, -0.2) is 31.8 Å². The summed E-state index contributed by atoms with van der Waals surface area (Å²) in [4.78, 5) is 43.7. The number of aliphatic carboxylic acids is 1. The molecular formula is C24H28N4O5. The molecule has 9 nitrogen and oxygen atoms in total. The van der Waals surface area contributed by atoms with E-state index in [1.165, 1.54) is 4.57 Å². The minimum Gasteiger partial charge on any atom is -0.494 e. The van der Waals surface area contributed by atoms with Gasteiger partial charge < -0.3 is 9.84 Å². The second-order valence-corrected chi connectivity index (χ2v) is 7.71. The highest BCUT2D eigenvalue weighted by Gasteiger charge is 2.11. The van der Waals surface area contributed by atoms with E-state index >= 15 is 0 Å². The van der Waals surface area contributed by atoms with Crippen LogP contribution in [0.25, 0.3) is 0 Å². The van der Waals surface area contributed by atoms with E-state index in [-0.39, 0.29) is 25.1 Å². The number of aryl methyl sites for hydroxylation is 1. The highest BCUT2D eigenvalue weighted by molar-refractivity contribution is 5.66. The minimum atomic E-state index is -1.10. The molecule has 0 aliphatic heterocycles. The predicted molar refractivity (Wildman–Crippen MR) is 124 cm³/mol. The number of ether oxygens (including phenoxy) is 1. The normalized spacial score (nSPS) is 11.5. The molecule has 3 aromatic rings. The third kappa shape index (κ3) is 6.55. The molecule has 174 valence electrons. The Kier molecular flexibility index (Phi) is 8.01. The summed E-state index contributed by atoms with van der Waals surface area (Å²) in [5, 5.41) is 8.96. The number of aromatic nitrogens is 3. The van der Waals surface area contributed by atoms with Gasteiger partial charge in [-0.05, 0) is 43.2 Å². The summed E-state index contributed by atoms with van der Waals surface area (Å²) < 4.78 is 7.87. The van der Waals surface area contributed by atoms with Gasteiger partial charge in [-0.1, -0.05) is 43.2 Å². The van der Waals surface area contributed by atoms with E-state index < -0.39 is 17.3 Å². The fraction of sp³-hybridized carbons (Fsp3) is 0.333. The molecule has 0 atom stereocenters. The lowest BCUT2D eigenvalue weighted by Crippen LogP contribution is -2.50. The van der Waals surface area contributed by atoms with Crippen molar-refractivity contribution in [3.05, 3.63) is 86.2 Å². The SMILES string of the molecule is CCCCOc1ccc(/N=c2\[nH]c(=O)n(CCC(=O)O)c(=O)n2Cc2ccc(C)cc2)cc1. The molecule has 0 aliphatic carbocycles. The van der Waals surface area contributed by atoms with E-state index in [2.05, 4.69) is 16.9 Å². The van der Waals surface area contributed by atoms with E-state index in [1.807, 2.05) is 31.2 Å². The second-order valence-electron chi connectivity index (χ2n) is 7.71. The Morgan fingerprint density at radius 2 is 1.76 bits per heavy atom. The van der Waals surface area contributed by atoms with Crippen LogP contribution < -0.4 is 21.7 Å². The zero-order valence-electron chi connectivity index (χ0n) is 18.8. The number of H-pyrrole nitrogens is 1. The van der Waals surface area contributed by atoms with Crippen molar-refractivity contribution < 1.29 is 14.6 Å². The molecule has 1 heterocycles. The molecule has 2 aromatic carbocycles. The van der Waals surface area contributed by atoms with Crippen LogP contribution in [0, 0.1) is 6.92 Å². The predicted octanol–water partition coefficient (Wildman–Crippen LogP) is 2.58. The van der Waals surface area contributed by atoms with Crippen LogP contribution in [0.15, 0.2) is 63.1 Å². The van der Waals surface area contributed by atoms with E-state index in [0.717, 1.165) is 28.5 Å². The Morgan fingerprint density at radius 3 is 2.39 bits per heavy atom. The van der Waals surface area contributed by atoms with Crippen LogP contribution in [0.4, 0.5) is 5.69 Å². The van der Waals surface area contributed by atoms with Gasteiger partial charge in [-0.25, -0.2) is 19.1 Å². The number of carbonyl (C=O) groups is 1. The van der Waals surface area contributed by atoms with Gasteiger partial charge in [0.25, 0.3) is 0 Å². The van der Waals surface area contributed by atoms with Crippen molar-refractivity contribution in [2.75, 3.05) is 6.61 Å². The third-order valence-corrected chi connectivity index (χ3v) is 5.03. The third-order valence-electron chi connectivity index (χ3n) is 5.03. The largest absolute Gasteiger partial charge is 0.494 e. The van der Waals surface area contributed by atoms with Crippen molar-refractivity contribution in [3.63, 3.8) is 0 Å². The number of nitrogens with zero attached hydrogens (tertiary/aromatic N) is 3. The average Bonchev–Trinajstić information content (AvgIpc) is 2.78. The van der Waals surface area contributed by atoms with Crippen LogP contribution in [-0.2, 0) is 17.9 Å². The molecule has 1 aromatic heterocycles. The van der Waals surface area contributed by atoms with Crippen LogP contribution in [0.2, 0.25) is 0 Å². The number of unbranched alkanes of at least 4 members (excludes halogenated alkanes) is 1. The molecule has 0 aliphatic rings. The smallest absolute Gasteiger partial charge is 0.335 e. The number of rotatable bonds is 10. The van der Waals surface area contributed by atoms with Crippen LogP contribution in [0.3, 0.4) is 0 Å². The number of nitrogens with one attached hydrogen (secondary N) is 1. The maximum absolute atomic E-state index is 13.1. The first-order chi connectivity index (χ1) is 15.9. The van der Waals surface area contributed by atoms with E-state index in [4.69, 9.17) is 9.84 Å². The summed E-state index contributed by atoms with van der Waals surface area (Å²) in [5.74, 6) is -0.381. The van der Waals surface area contributed by atoms with E-state index in [9.17, 15) is 14.4 Å². The van der Waals surface area contributed by atoms with Gasteiger partial charge in [-0.2, -0.15) is 0 Å². The zero-order valence-corrected chi connectivity index (χ0v) is 18.8. The van der Waals surface area contributed by atoms with Gasteiger partial charge >= 0.3 is 17.3 Å². The molecule has 33 heavy (non-hydrogen) atoms. The minimum absolute atomic E-state index is 0.0804. The lowest BCUT2D eigenvalue weighted by Gasteiger charge is -2.11. The summed E-state index contributed by atoms with van der Waals surface area (Å²) in [7, 11) is 0. The van der Waals surface area contributed by atoms with Gasteiger partial charge in [0.15, 0.2) is 0 Å². The van der Waals surface area contributed by atoms with E-state index in [1.54, 1.807) is 24.3 Å². The van der Waals surface area contributed by atoms with Gasteiger partial charge in [0.2, 0.25) is 5.62 Å². The summed E-state index contributed by atoms with van der Waals surface area (Å²) in [5.41, 5.74) is 1.20. The molecule has 2 N–H and O–H groups in total. The fourth-order valence-electron chi connectivity index (χ4n) is 3.14. The molecule has 0 radical (unpaired) electrons. The zero-order chi connectivity index (χ0) is 23.8. The van der Waals surface area contributed by atoms with Crippen molar-refractivity contribution in [2.24, 2.45) is 4.99 Å². The van der Waals surface area contributed by atoms with Gasteiger partial charge in [-0.15, -0.1) is 0 Å². The summed E-state index contributed by atoms with van der Waals surface area (Å²) in [6.07, 6.45) is 1.66. The molecule has 0 saturated heterocycles. The number of carboxylic acids is 1. The molecule has 0 spiro atoms. The highest BCUT2D eigenvalue weighted by Crippen LogP contribution is 2.17. The molecule has 0 bridgehead atoms. The van der Waals surface area contributed by atoms with Crippen molar-refractivity contribution in [2.45, 2.75) is 46.2 Å². The van der Waals surface area contributed by atoms with Crippen molar-refractivity contribution >= 4 is 11.7 Å². The average molecular weight is 453 g/mol.